The molecule has 0 fully saturated rings. The highest BCUT2D eigenvalue weighted by Crippen LogP contribution is 2.25. The first-order valence-electron chi connectivity index (χ1n) is 6.33. The summed E-state index contributed by atoms with van der Waals surface area (Å²) in [5.41, 5.74) is 8.47. The van der Waals surface area contributed by atoms with Crippen molar-refractivity contribution in [2.75, 3.05) is 0 Å². The average Bonchev–Trinajstić information content (AvgIpc) is 2.86. The maximum atomic E-state index is 5.97. The van der Waals surface area contributed by atoms with Gasteiger partial charge in [0.05, 0.1) is 6.04 Å². The lowest BCUT2D eigenvalue weighted by atomic mass is 10.1. The fourth-order valence-electron chi connectivity index (χ4n) is 1.53. The molecule has 0 aliphatic carbocycles. The predicted octanol–water partition coefficient (Wildman–Crippen LogP) is 3.75. The zero-order chi connectivity index (χ0) is 13.8. The number of aromatic nitrogens is 2. The molecule has 2 rings (SSSR count). The molecule has 0 saturated carbocycles. The van der Waals surface area contributed by atoms with E-state index in [0.29, 0.717) is 11.1 Å². The van der Waals surface area contributed by atoms with Gasteiger partial charge in [0.1, 0.15) is 0 Å². The van der Waals surface area contributed by atoms with Gasteiger partial charge in [-0.2, -0.15) is 0 Å². The summed E-state index contributed by atoms with van der Waals surface area (Å²) in [4.78, 5) is 0. The highest BCUT2D eigenvalue weighted by atomic mass is 35.5. The first-order chi connectivity index (χ1) is 9.06. The highest BCUT2D eigenvalue weighted by Gasteiger charge is 2.17. The van der Waals surface area contributed by atoms with E-state index < -0.39 is 0 Å². The number of rotatable bonds is 5. The fourth-order valence-corrected chi connectivity index (χ4v) is 2.25. The largest absolute Gasteiger partial charge is 0.414 e. The second-order valence-electron chi connectivity index (χ2n) is 4.95. The Morgan fingerprint density at radius 1 is 1.20 bits per heavy atom. The summed E-state index contributed by atoms with van der Waals surface area (Å²) in [6.07, 6.45) is 0. The predicted molar refractivity (Wildman–Crippen MR) is 84.1 cm³/mol. The van der Waals surface area contributed by atoms with Gasteiger partial charge in [0.15, 0.2) is 0 Å². The molecule has 1 aromatic heterocycles. The van der Waals surface area contributed by atoms with Gasteiger partial charge in [-0.3, -0.25) is 0 Å². The molecule has 0 bridgehead atoms. The Morgan fingerprint density at radius 2 is 1.85 bits per heavy atom. The molecule has 0 saturated heterocycles. The molecule has 1 aromatic carbocycles. The van der Waals surface area contributed by atoms with Crippen molar-refractivity contribution in [1.82, 2.24) is 10.2 Å². The van der Waals surface area contributed by atoms with E-state index in [9.17, 15) is 0 Å². The summed E-state index contributed by atoms with van der Waals surface area (Å²) < 4.78 is 5.57. The van der Waals surface area contributed by atoms with Crippen molar-refractivity contribution < 1.29 is 4.42 Å². The molecule has 4 nitrogen and oxygen atoms in total. The topological polar surface area (TPSA) is 64.9 Å². The van der Waals surface area contributed by atoms with Crippen molar-refractivity contribution in [3.05, 3.63) is 41.3 Å². The smallest absolute Gasteiger partial charge is 0.276 e. The average molecular weight is 314 g/mol. The van der Waals surface area contributed by atoms with Crippen LogP contribution in [0, 0.1) is 12.8 Å². The Labute approximate surface area is 129 Å². The van der Waals surface area contributed by atoms with Crippen LogP contribution in [0.3, 0.4) is 0 Å². The molecule has 0 unspecified atom stereocenters. The molecule has 0 radical (unpaired) electrons. The third-order valence-corrected chi connectivity index (χ3v) is 3.80. The number of benzene rings is 1. The number of nitrogens with two attached hydrogens (primary N) is 1. The van der Waals surface area contributed by atoms with Crippen molar-refractivity contribution in [2.24, 2.45) is 11.7 Å². The van der Waals surface area contributed by atoms with E-state index in [1.54, 1.807) is 0 Å². The maximum Gasteiger partial charge on any atom is 0.276 e. The van der Waals surface area contributed by atoms with Crippen LogP contribution >= 0.6 is 24.2 Å². The van der Waals surface area contributed by atoms with Crippen LogP contribution in [-0.2, 0) is 5.75 Å². The van der Waals surface area contributed by atoms with Crippen molar-refractivity contribution >= 4 is 24.2 Å². The molecular formula is C14H20ClN3OS. The third-order valence-electron chi connectivity index (χ3n) is 2.91. The normalized spacial score (nSPS) is 12.2. The van der Waals surface area contributed by atoms with E-state index in [1.807, 2.05) is 13.8 Å². The van der Waals surface area contributed by atoms with Crippen LogP contribution in [0.15, 0.2) is 33.9 Å². The summed E-state index contributed by atoms with van der Waals surface area (Å²) in [7, 11) is 0. The number of halogens is 1. The molecule has 1 heterocycles. The maximum absolute atomic E-state index is 5.97. The third kappa shape index (κ3) is 4.51. The van der Waals surface area contributed by atoms with Crippen LogP contribution in [0.1, 0.15) is 36.9 Å². The summed E-state index contributed by atoms with van der Waals surface area (Å²) in [5.74, 6) is 1.62. The Bertz CT molecular complexity index is 527. The summed E-state index contributed by atoms with van der Waals surface area (Å²) >= 11 is 1.53. The summed E-state index contributed by atoms with van der Waals surface area (Å²) in [6, 6.07) is 8.23. The molecule has 0 spiro atoms. The second-order valence-corrected chi connectivity index (χ2v) is 5.88. The van der Waals surface area contributed by atoms with Gasteiger partial charge in [-0.1, -0.05) is 55.4 Å². The molecule has 20 heavy (non-hydrogen) atoms. The zero-order valence-electron chi connectivity index (χ0n) is 11.9. The van der Waals surface area contributed by atoms with E-state index >= 15 is 0 Å². The van der Waals surface area contributed by atoms with Gasteiger partial charge in [0, 0.05) is 5.75 Å². The Morgan fingerprint density at radius 3 is 2.45 bits per heavy atom. The number of aryl methyl sites for hydroxylation is 1. The number of nitrogens with zero attached hydrogens (tertiary/aromatic N) is 2. The molecule has 2 N–H and O–H groups in total. The SMILES string of the molecule is Cc1ccc(CSc2nnc([C@@H](N)C(C)C)o2)cc1.Cl. The van der Waals surface area contributed by atoms with E-state index in [-0.39, 0.29) is 24.4 Å². The molecule has 0 amide bonds. The minimum Gasteiger partial charge on any atom is -0.414 e. The minimum absolute atomic E-state index is 0. The fraction of sp³-hybridized carbons (Fsp3) is 0.429. The first kappa shape index (κ1) is 17.0. The molecule has 6 heteroatoms. The molecule has 1 atom stereocenters. The van der Waals surface area contributed by atoms with E-state index in [1.165, 1.54) is 22.9 Å². The van der Waals surface area contributed by atoms with E-state index in [4.69, 9.17) is 10.2 Å². The van der Waals surface area contributed by atoms with Crippen LogP contribution in [0.4, 0.5) is 0 Å². The monoisotopic (exact) mass is 313 g/mol. The molecule has 110 valence electrons. The van der Waals surface area contributed by atoms with Crippen molar-refractivity contribution in [3.63, 3.8) is 0 Å². The van der Waals surface area contributed by atoms with Crippen LogP contribution in [-0.4, -0.2) is 10.2 Å². The lowest BCUT2D eigenvalue weighted by Gasteiger charge is -2.09. The first-order valence-corrected chi connectivity index (χ1v) is 7.32. The van der Waals surface area contributed by atoms with Crippen LogP contribution in [0.25, 0.3) is 0 Å². The Hall–Kier alpha value is -1.04. The Balaban J connectivity index is 0.00000200. The number of hydrogen-bond acceptors (Lipinski definition) is 5. The van der Waals surface area contributed by atoms with Gasteiger partial charge in [0.2, 0.25) is 5.89 Å². The summed E-state index contributed by atoms with van der Waals surface area (Å²) in [5, 5.41) is 8.60. The summed E-state index contributed by atoms with van der Waals surface area (Å²) in [6.45, 7) is 6.15. The van der Waals surface area contributed by atoms with Gasteiger partial charge < -0.3 is 10.2 Å². The van der Waals surface area contributed by atoms with Gasteiger partial charge in [-0.05, 0) is 18.4 Å². The molecule has 0 aliphatic rings. The van der Waals surface area contributed by atoms with E-state index in [2.05, 4.69) is 41.4 Å². The van der Waals surface area contributed by atoms with Crippen LogP contribution in [0.5, 0.6) is 0 Å². The van der Waals surface area contributed by atoms with Crippen LogP contribution in [0.2, 0.25) is 0 Å². The van der Waals surface area contributed by atoms with Crippen molar-refractivity contribution in [2.45, 2.75) is 37.8 Å². The lowest BCUT2D eigenvalue weighted by molar-refractivity contribution is 0.349. The molecular weight excluding hydrogens is 294 g/mol. The quantitative estimate of drug-likeness (QED) is 0.852. The van der Waals surface area contributed by atoms with Gasteiger partial charge in [-0.25, -0.2) is 0 Å². The standard InChI is InChI=1S/C14H19N3OS.ClH/c1-9(2)12(15)13-16-17-14(18-13)19-8-11-6-4-10(3)5-7-11;/h4-7,9,12H,8,15H2,1-3H3;1H/t12-;/m0./s1. The van der Waals surface area contributed by atoms with Gasteiger partial charge >= 0.3 is 0 Å². The number of hydrogen-bond donors (Lipinski definition) is 1. The zero-order valence-corrected chi connectivity index (χ0v) is 13.5. The van der Waals surface area contributed by atoms with Gasteiger partial charge in [-0.15, -0.1) is 22.6 Å². The number of thioether (sulfide) groups is 1. The van der Waals surface area contributed by atoms with Gasteiger partial charge in [0.25, 0.3) is 5.22 Å². The second kappa shape index (κ2) is 7.67. The lowest BCUT2D eigenvalue weighted by Crippen LogP contribution is -2.16. The van der Waals surface area contributed by atoms with Crippen molar-refractivity contribution in [3.8, 4) is 0 Å². The molecule has 2 aromatic rings. The minimum atomic E-state index is -0.193. The van der Waals surface area contributed by atoms with Crippen molar-refractivity contribution in [1.29, 1.82) is 0 Å². The van der Waals surface area contributed by atoms with E-state index in [0.717, 1.165) is 5.75 Å². The van der Waals surface area contributed by atoms with Crippen LogP contribution < -0.4 is 5.73 Å². The molecule has 0 aliphatic heterocycles. The Kier molecular flexibility index (Phi) is 6.52. The highest BCUT2D eigenvalue weighted by molar-refractivity contribution is 7.98.